The molecule has 2 N–H and O–H groups in total. The monoisotopic (exact) mass is 281 g/mol. The molecule has 1 atom stereocenters. The van der Waals surface area contributed by atoms with Crippen LogP contribution >= 0.6 is 12.4 Å². The van der Waals surface area contributed by atoms with Crippen LogP contribution in [0.5, 0.6) is 0 Å². The molecule has 0 saturated carbocycles. The molecule has 0 radical (unpaired) electrons. The van der Waals surface area contributed by atoms with Gasteiger partial charge in [-0.1, -0.05) is 55.8 Å². The largest absolute Gasteiger partial charge is 0.337 e. The summed E-state index contributed by atoms with van der Waals surface area (Å²) in [4.78, 5) is 4.38. The normalized spacial score (nSPS) is 12.9. The summed E-state index contributed by atoms with van der Waals surface area (Å²) in [7, 11) is 0. The summed E-state index contributed by atoms with van der Waals surface area (Å²) in [6.07, 6.45) is 0. The van der Waals surface area contributed by atoms with Gasteiger partial charge in [-0.25, -0.2) is 0 Å². The minimum absolute atomic E-state index is 0. The summed E-state index contributed by atoms with van der Waals surface area (Å²) < 4.78 is 5.25. The van der Waals surface area contributed by atoms with Gasteiger partial charge in [-0.2, -0.15) is 4.98 Å². The van der Waals surface area contributed by atoms with Gasteiger partial charge >= 0.3 is 0 Å². The van der Waals surface area contributed by atoms with E-state index in [1.807, 2.05) is 52.0 Å². The van der Waals surface area contributed by atoms with Crippen LogP contribution in [0.1, 0.15) is 49.7 Å². The molecule has 1 heterocycles. The van der Waals surface area contributed by atoms with Crippen molar-refractivity contribution in [2.45, 2.75) is 39.2 Å². The highest BCUT2D eigenvalue weighted by Gasteiger charge is 2.23. The molecule has 0 spiro atoms. The minimum atomic E-state index is -0.366. The number of aryl methyl sites for hydroxylation is 1. The molecule has 0 amide bonds. The van der Waals surface area contributed by atoms with Gasteiger partial charge in [-0.05, 0) is 12.5 Å². The highest BCUT2D eigenvalue weighted by atomic mass is 35.5. The third-order valence-electron chi connectivity index (χ3n) is 2.82. The van der Waals surface area contributed by atoms with Gasteiger partial charge in [0.2, 0.25) is 5.89 Å². The lowest BCUT2D eigenvalue weighted by Crippen LogP contribution is -2.15. The fourth-order valence-corrected chi connectivity index (χ4v) is 1.58. The lowest BCUT2D eigenvalue weighted by atomic mass is 9.96. The van der Waals surface area contributed by atoms with Crippen LogP contribution in [0.25, 0.3) is 0 Å². The van der Waals surface area contributed by atoms with Gasteiger partial charge < -0.3 is 10.3 Å². The standard InChI is InChI=1S/C14H19N3O.ClH/c1-9-5-7-10(8-6-9)11(15)12-16-13(17-18-12)14(2,3)4;/h5-8,11H,15H2,1-4H3;1H. The maximum absolute atomic E-state index is 6.13. The molecule has 4 nitrogen and oxygen atoms in total. The fraction of sp³-hybridized carbons (Fsp3) is 0.429. The van der Waals surface area contributed by atoms with Crippen molar-refractivity contribution >= 4 is 12.4 Å². The molecule has 104 valence electrons. The van der Waals surface area contributed by atoms with E-state index in [1.165, 1.54) is 5.56 Å². The van der Waals surface area contributed by atoms with Crippen molar-refractivity contribution in [2.75, 3.05) is 0 Å². The number of hydrogen-bond donors (Lipinski definition) is 1. The summed E-state index contributed by atoms with van der Waals surface area (Å²) in [6.45, 7) is 8.16. The molecule has 0 aliphatic rings. The third kappa shape index (κ3) is 3.55. The van der Waals surface area contributed by atoms with Crippen molar-refractivity contribution in [2.24, 2.45) is 5.73 Å². The van der Waals surface area contributed by atoms with Crippen LogP contribution in [-0.2, 0) is 5.41 Å². The van der Waals surface area contributed by atoms with E-state index < -0.39 is 0 Å². The van der Waals surface area contributed by atoms with Crippen LogP contribution in [0.15, 0.2) is 28.8 Å². The van der Waals surface area contributed by atoms with Crippen LogP contribution in [0, 0.1) is 6.92 Å². The van der Waals surface area contributed by atoms with Crippen LogP contribution < -0.4 is 5.73 Å². The number of halogens is 1. The SMILES string of the molecule is Cc1ccc(C(N)c2nc(C(C)(C)C)no2)cc1.Cl. The number of nitrogens with zero attached hydrogens (tertiary/aromatic N) is 2. The molecule has 1 unspecified atom stereocenters. The van der Waals surface area contributed by atoms with Crippen molar-refractivity contribution in [3.8, 4) is 0 Å². The van der Waals surface area contributed by atoms with Gasteiger partial charge in [-0.15, -0.1) is 12.4 Å². The Bertz CT molecular complexity index is 528. The molecule has 19 heavy (non-hydrogen) atoms. The lowest BCUT2D eigenvalue weighted by molar-refractivity contribution is 0.354. The Labute approximate surface area is 119 Å². The van der Waals surface area contributed by atoms with Crippen molar-refractivity contribution in [3.05, 3.63) is 47.1 Å². The van der Waals surface area contributed by atoms with Gasteiger partial charge in [0.1, 0.15) is 6.04 Å². The molecule has 5 heteroatoms. The Morgan fingerprint density at radius 3 is 2.21 bits per heavy atom. The van der Waals surface area contributed by atoms with Crippen molar-refractivity contribution in [1.82, 2.24) is 10.1 Å². The Morgan fingerprint density at radius 2 is 1.74 bits per heavy atom. The molecule has 0 aliphatic carbocycles. The summed E-state index contributed by atoms with van der Waals surface area (Å²) >= 11 is 0. The van der Waals surface area contributed by atoms with E-state index in [9.17, 15) is 0 Å². The Hall–Kier alpha value is -1.39. The van der Waals surface area contributed by atoms with E-state index in [0.717, 1.165) is 5.56 Å². The first-order valence-electron chi connectivity index (χ1n) is 6.04. The number of nitrogens with two attached hydrogens (primary N) is 1. The van der Waals surface area contributed by atoms with E-state index in [0.29, 0.717) is 11.7 Å². The van der Waals surface area contributed by atoms with E-state index in [-0.39, 0.29) is 23.9 Å². The van der Waals surface area contributed by atoms with Crippen molar-refractivity contribution in [3.63, 3.8) is 0 Å². The van der Waals surface area contributed by atoms with Gasteiger partial charge in [0.25, 0.3) is 0 Å². The second-order valence-electron chi connectivity index (χ2n) is 5.59. The zero-order chi connectivity index (χ0) is 13.3. The topological polar surface area (TPSA) is 64.9 Å². The molecular formula is C14H20ClN3O. The second-order valence-corrected chi connectivity index (χ2v) is 5.59. The van der Waals surface area contributed by atoms with Gasteiger partial charge in [-0.3, -0.25) is 0 Å². The van der Waals surface area contributed by atoms with E-state index in [1.54, 1.807) is 0 Å². The molecule has 1 aromatic heterocycles. The summed E-state index contributed by atoms with van der Waals surface area (Å²) in [5, 5.41) is 3.99. The smallest absolute Gasteiger partial charge is 0.248 e. The van der Waals surface area contributed by atoms with Crippen molar-refractivity contribution in [1.29, 1.82) is 0 Å². The van der Waals surface area contributed by atoms with E-state index >= 15 is 0 Å². The zero-order valence-electron chi connectivity index (χ0n) is 11.7. The van der Waals surface area contributed by atoms with Crippen LogP contribution in [0.2, 0.25) is 0 Å². The average molecular weight is 282 g/mol. The Balaban J connectivity index is 0.00000180. The second kappa shape index (κ2) is 5.72. The van der Waals surface area contributed by atoms with E-state index in [2.05, 4.69) is 10.1 Å². The number of aromatic nitrogens is 2. The minimum Gasteiger partial charge on any atom is -0.337 e. The number of rotatable bonds is 2. The maximum atomic E-state index is 6.13. The quantitative estimate of drug-likeness (QED) is 0.918. The fourth-order valence-electron chi connectivity index (χ4n) is 1.58. The van der Waals surface area contributed by atoms with Gasteiger partial charge in [0, 0.05) is 5.41 Å². The molecule has 1 aromatic carbocycles. The summed E-state index contributed by atoms with van der Waals surface area (Å²) in [5.41, 5.74) is 8.17. The Morgan fingerprint density at radius 1 is 1.16 bits per heavy atom. The molecule has 2 aromatic rings. The summed E-state index contributed by atoms with van der Waals surface area (Å²) in [5.74, 6) is 1.14. The lowest BCUT2D eigenvalue weighted by Gasteiger charge is -2.11. The maximum Gasteiger partial charge on any atom is 0.248 e. The highest BCUT2D eigenvalue weighted by molar-refractivity contribution is 5.85. The molecule has 2 rings (SSSR count). The number of benzene rings is 1. The molecule has 0 bridgehead atoms. The predicted molar refractivity (Wildman–Crippen MR) is 77.5 cm³/mol. The van der Waals surface area contributed by atoms with Crippen molar-refractivity contribution < 1.29 is 4.52 Å². The molecular weight excluding hydrogens is 262 g/mol. The molecule has 0 aliphatic heterocycles. The highest BCUT2D eigenvalue weighted by Crippen LogP contribution is 2.23. The third-order valence-corrected chi connectivity index (χ3v) is 2.82. The Kier molecular flexibility index (Phi) is 4.71. The zero-order valence-corrected chi connectivity index (χ0v) is 12.5. The molecule has 0 fully saturated rings. The first-order chi connectivity index (χ1) is 8.38. The van der Waals surface area contributed by atoms with Crippen LogP contribution in [0.3, 0.4) is 0 Å². The van der Waals surface area contributed by atoms with Gasteiger partial charge in [0.15, 0.2) is 5.82 Å². The van der Waals surface area contributed by atoms with Crippen LogP contribution in [-0.4, -0.2) is 10.1 Å². The first kappa shape index (κ1) is 15.7. The predicted octanol–water partition coefficient (Wildman–Crippen LogP) is 3.15. The summed E-state index contributed by atoms with van der Waals surface area (Å²) in [6, 6.07) is 7.66. The average Bonchev–Trinajstić information content (AvgIpc) is 2.78. The first-order valence-corrected chi connectivity index (χ1v) is 6.04. The van der Waals surface area contributed by atoms with Crippen LogP contribution in [0.4, 0.5) is 0 Å². The molecule has 0 saturated heterocycles. The van der Waals surface area contributed by atoms with E-state index in [4.69, 9.17) is 10.3 Å². The van der Waals surface area contributed by atoms with Gasteiger partial charge in [0.05, 0.1) is 0 Å². The number of hydrogen-bond acceptors (Lipinski definition) is 4.